The molecule has 0 aromatic heterocycles. The first-order chi connectivity index (χ1) is 17.9. The lowest BCUT2D eigenvalue weighted by Gasteiger charge is -2.38. The van der Waals surface area contributed by atoms with Crippen molar-refractivity contribution in [3.05, 3.63) is 23.3 Å². The van der Waals surface area contributed by atoms with Crippen molar-refractivity contribution >= 4 is 29.4 Å². The van der Waals surface area contributed by atoms with Gasteiger partial charge < -0.3 is 10.0 Å². The monoisotopic (exact) mass is 559 g/mol. The second-order valence-corrected chi connectivity index (χ2v) is 16.8. The zero-order chi connectivity index (χ0) is 27.5. The predicted molar refractivity (Wildman–Crippen MR) is 166 cm³/mol. The average Bonchev–Trinajstić information content (AvgIpc) is 2.88. The van der Waals surface area contributed by atoms with E-state index >= 15 is 0 Å². The number of thioether (sulfide) groups is 2. The lowest BCUT2D eigenvalue weighted by molar-refractivity contribution is -0.130. The van der Waals surface area contributed by atoms with Crippen LogP contribution in [0, 0.1) is 11.8 Å². The number of rotatable bonds is 6. The van der Waals surface area contributed by atoms with E-state index in [4.69, 9.17) is 0 Å². The molecule has 3 aliphatic rings. The van der Waals surface area contributed by atoms with Crippen LogP contribution in [0.4, 0.5) is 0 Å². The Hall–Kier alpha value is -0.810. The first-order valence-corrected chi connectivity index (χ1v) is 17.3. The number of piperidine rings is 1. The van der Waals surface area contributed by atoms with Gasteiger partial charge in [-0.25, -0.2) is 0 Å². The fourth-order valence-corrected chi connectivity index (χ4v) is 9.80. The van der Waals surface area contributed by atoms with E-state index in [0.29, 0.717) is 27.9 Å². The summed E-state index contributed by atoms with van der Waals surface area (Å²) in [7, 11) is 0. The van der Waals surface area contributed by atoms with Gasteiger partial charge in [-0.05, 0) is 60.5 Å². The van der Waals surface area contributed by atoms with Crippen molar-refractivity contribution in [1.29, 1.82) is 0 Å². The van der Waals surface area contributed by atoms with Gasteiger partial charge in [0.1, 0.15) is 5.75 Å². The van der Waals surface area contributed by atoms with Crippen LogP contribution in [0.5, 0.6) is 5.75 Å². The molecule has 214 valence electrons. The number of nitrogens with zero attached hydrogens (tertiary/aromatic N) is 1. The number of aromatic hydroxyl groups is 1. The lowest BCUT2D eigenvalue weighted by Crippen LogP contribution is -2.41. The van der Waals surface area contributed by atoms with Crippen LogP contribution in [0.1, 0.15) is 123 Å². The molecule has 0 unspecified atom stereocenters. The summed E-state index contributed by atoms with van der Waals surface area (Å²) in [5, 5.41) is 12.2. The van der Waals surface area contributed by atoms with E-state index in [1.807, 2.05) is 23.5 Å². The molecule has 5 heteroatoms. The molecule has 3 fully saturated rings. The normalized spacial score (nSPS) is 24.5. The number of hydrogen-bond donors (Lipinski definition) is 1. The number of hydrogen-bond acceptors (Lipinski definition) is 4. The Morgan fingerprint density at radius 3 is 1.84 bits per heavy atom. The molecule has 2 atom stereocenters. The Bertz CT molecular complexity index is 898. The molecule has 2 aliphatic carbocycles. The summed E-state index contributed by atoms with van der Waals surface area (Å²) < 4.78 is 0. The lowest BCUT2D eigenvalue weighted by atomic mass is 9.76. The second-order valence-electron chi connectivity index (χ2n) is 14.3. The molecule has 1 amide bonds. The van der Waals surface area contributed by atoms with Crippen molar-refractivity contribution in [1.82, 2.24) is 4.90 Å². The van der Waals surface area contributed by atoms with E-state index in [0.717, 1.165) is 36.1 Å². The van der Waals surface area contributed by atoms with Crippen LogP contribution < -0.4 is 0 Å². The largest absolute Gasteiger partial charge is 0.507 e. The van der Waals surface area contributed by atoms with E-state index in [1.54, 1.807) is 0 Å². The van der Waals surface area contributed by atoms with Gasteiger partial charge >= 0.3 is 0 Å². The summed E-state index contributed by atoms with van der Waals surface area (Å²) in [6, 6.07) is 4.46. The van der Waals surface area contributed by atoms with Crippen molar-refractivity contribution in [2.45, 2.75) is 138 Å². The van der Waals surface area contributed by atoms with Crippen LogP contribution >= 0.6 is 23.5 Å². The maximum absolute atomic E-state index is 13.2. The maximum atomic E-state index is 13.2. The summed E-state index contributed by atoms with van der Waals surface area (Å²) in [6.45, 7) is 15.1. The first kappa shape index (κ1) is 30.2. The molecule has 4 rings (SSSR count). The topological polar surface area (TPSA) is 40.5 Å². The third kappa shape index (κ3) is 7.68. The minimum absolute atomic E-state index is 0.113. The molecule has 0 radical (unpaired) electrons. The van der Waals surface area contributed by atoms with Crippen molar-refractivity contribution in [3.8, 4) is 5.75 Å². The van der Waals surface area contributed by atoms with Gasteiger partial charge in [-0.2, -0.15) is 0 Å². The van der Waals surface area contributed by atoms with Crippen molar-refractivity contribution in [3.63, 3.8) is 0 Å². The van der Waals surface area contributed by atoms with Gasteiger partial charge in [0.15, 0.2) is 0 Å². The molecule has 1 aromatic rings. The molecule has 0 spiro atoms. The number of benzene rings is 1. The van der Waals surface area contributed by atoms with Gasteiger partial charge in [0.05, 0.1) is 5.75 Å². The van der Waals surface area contributed by atoms with Crippen LogP contribution in [0.25, 0.3) is 0 Å². The van der Waals surface area contributed by atoms with Crippen molar-refractivity contribution in [2.24, 2.45) is 11.8 Å². The number of carbonyl (C=O) groups excluding carboxylic acids is 1. The quantitative estimate of drug-likeness (QED) is 0.378. The highest BCUT2D eigenvalue weighted by molar-refractivity contribution is 8.04. The average molecular weight is 560 g/mol. The third-order valence-electron chi connectivity index (χ3n) is 9.26. The molecule has 1 saturated heterocycles. The van der Waals surface area contributed by atoms with E-state index in [1.165, 1.54) is 75.5 Å². The number of phenols is 1. The second kappa shape index (κ2) is 12.8. The molecule has 2 saturated carbocycles. The summed E-state index contributed by atoms with van der Waals surface area (Å²) in [5.74, 6) is 3.23. The molecule has 1 aliphatic heterocycles. The van der Waals surface area contributed by atoms with Gasteiger partial charge in [0.2, 0.25) is 5.91 Å². The molecule has 1 heterocycles. The zero-order valence-electron chi connectivity index (χ0n) is 25.0. The molecule has 3 nitrogen and oxygen atoms in total. The van der Waals surface area contributed by atoms with E-state index in [9.17, 15) is 9.90 Å². The summed E-state index contributed by atoms with van der Waals surface area (Å²) in [6.07, 6.45) is 14.5. The van der Waals surface area contributed by atoms with Crippen molar-refractivity contribution in [2.75, 3.05) is 18.8 Å². The molecular weight excluding hydrogens is 507 g/mol. The van der Waals surface area contributed by atoms with Crippen LogP contribution in [0.3, 0.4) is 0 Å². The Balaban J connectivity index is 1.36. The minimum Gasteiger partial charge on any atom is -0.507 e. The Morgan fingerprint density at radius 2 is 1.29 bits per heavy atom. The summed E-state index contributed by atoms with van der Waals surface area (Å²) >= 11 is 3.90. The molecule has 1 aromatic carbocycles. The standard InChI is InChI=1S/C33H53NO2S2/c1-32(2,3)26-20-25(21-27(31(26)36)33(4,5)6)38-29-15-11-10-14-28(29)37-22-30(35)34-18-16-24(17-19-34)23-12-8-7-9-13-23/h20-21,23-24,28-29,36H,7-19,22H2,1-6H3/t28-,29-/m1/s1. The number of carbonyl (C=O) groups is 1. The number of likely N-dealkylation sites (tertiary alicyclic amines) is 1. The van der Waals surface area contributed by atoms with Gasteiger partial charge in [0.25, 0.3) is 0 Å². The molecule has 0 bridgehead atoms. The molecular formula is C33H53NO2S2. The highest BCUT2D eigenvalue weighted by Crippen LogP contribution is 2.45. The van der Waals surface area contributed by atoms with Gasteiger partial charge in [-0.15, -0.1) is 23.5 Å². The van der Waals surface area contributed by atoms with Gasteiger partial charge in [-0.1, -0.05) is 86.5 Å². The van der Waals surface area contributed by atoms with Crippen LogP contribution in [-0.4, -0.2) is 45.3 Å². The van der Waals surface area contributed by atoms with Crippen LogP contribution in [-0.2, 0) is 15.6 Å². The smallest absolute Gasteiger partial charge is 0.232 e. The van der Waals surface area contributed by atoms with Gasteiger partial charge in [-0.3, -0.25) is 4.79 Å². The van der Waals surface area contributed by atoms with Gasteiger partial charge in [0, 0.05) is 39.6 Å². The fourth-order valence-electron chi connectivity index (χ4n) is 6.88. The Labute approximate surface area is 241 Å². The van der Waals surface area contributed by atoms with Crippen LogP contribution in [0.2, 0.25) is 0 Å². The van der Waals surface area contributed by atoms with E-state index in [2.05, 4.69) is 58.6 Å². The molecule has 1 N–H and O–H groups in total. The fraction of sp³-hybridized carbons (Fsp3) is 0.788. The highest BCUT2D eigenvalue weighted by Gasteiger charge is 2.32. The summed E-state index contributed by atoms with van der Waals surface area (Å²) in [4.78, 5) is 16.6. The Morgan fingerprint density at radius 1 is 0.789 bits per heavy atom. The SMILES string of the molecule is CC(C)(C)c1cc(S[C@@H]2CCCC[C@H]2SCC(=O)N2CCC(C3CCCCC3)CC2)cc(C(C)(C)C)c1O. The Kier molecular flexibility index (Phi) is 10.2. The minimum atomic E-state index is -0.113. The third-order valence-corrected chi connectivity index (χ3v) is 12.2. The first-order valence-electron chi connectivity index (χ1n) is 15.4. The van der Waals surface area contributed by atoms with E-state index in [-0.39, 0.29) is 10.8 Å². The van der Waals surface area contributed by atoms with E-state index < -0.39 is 0 Å². The zero-order valence-corrected chi connectivity index (χ0v) is 26.6. The van der Waals surface area contributed by atoms with Crippen LogP contribution in [0.15, 0.2) is 17.0 Å². The predicted octanol–water partition coefficient (Wildman–Crippen LogP) is 8.94. The summed E-state index contributed by atoms with van der Waals surface area (Å²) in [5.41, 5.74) is 1.86. The maximum Gasteiger partial charge on any atom is 0.232 e. The highest BCUT2D eigenvalue weighted by atomic mass is 32.2. The number of phenolic OH excluding ortho intramolecular Hbond substituents is 1. The molecule has 38 heavy (non-hydrogen) atoms. The number of amides is 1. The van der Waals surface area contributed by atoms with Crippen molar-refractivity contribution < 1.29 is 9.90 Å².